The number of para-hydroxylation sites is 1. The molecule has 4 nitrogen and oxygen atoms in total. The van der Waals surface area contributed by atoms with Gasteiger partial charge in [-0.2, -0.15) is 0 Å². The van der Waals surface area contributed by atoms with Crippen molar-refractivity contribution in [3.63, 3.8) is 0 Å². The molecule has 1 aliphatic rings. The molecule has 0 radical (unpaired) electrons. The first-order chi connectivity index (χ1) is 12.2. The predicted molar refractivity (Wildman–Crippen MR) is 102 cm³/mol. The summed E-state index contributed by atoms with van der Waals surface area (Å²) in [5.41, 5.74) is 3.07. The van der Waals surface area contributed by atoms with Crippen LogP contribution in [0.2, 0.25) is 0 Å². The number of benzene rings is 1. The van der Waals surface area contributed by atoms with Gasteiger partial charge in [-0.25, -0.2) is 4.98 Å². The highest BCUT2D eigenvalue weighted by Gasteiger charge is 2.29. The number of thiazole rings is 1. The number of rotatable bonds is 4. The minimum Gasteiger partial charge on any atom is -0.372 e. The molecule has 0 bridgehead atoms. The van der Waals surface area contributed by atoms with Gasteiger partial charge in [-0.05, 0) is 42.5 Å². The van der Waals surface area contributed by atoms with Crippen molar-refractivity contribution in [2.45, 2.75) is 25.9 Å². The third-order valence-corrected chi connectivity index (χ3v) is 6.18. The Balaban J connectivity index is 1.63. The highest BCUT2D eigenvalue weighted by molar-refractivity contribution is 7.14. The van der Waals surface area contributed by atoms with Crippen molar-refractivity contribution < 1.29 is 9.53 Å². The van der Waals surface area contributed by atoms with Gasteiger partial charge in [0.1, 0.15) is 6.10 Å². The fraction of sp³-hybridized carbons (Fsp3) is 0.263. The van der Waals surface area contributed by atoms with Crippen LogP contribution in [0.15, 0.2) is 47.2 Å². The van der Waals surface area contributed by atoms with E-state index in [2.05, 4.69) is 16.4 Å². The Labute approximate surface area is 154 Å². The van der Waals surface area contributed by atoms with Crippen LogP contribution < -0.4 is 4.90 Å². The van der Waals surface area contributed by atoms with Gasteiger partial charge in [0, 0.05) is 10.3 Å². The molecule has 0 fully saturated rings. The molecule has 128 valence electrons. The van der Waals surface area contributed by atoms with Crippen molar-refractivity contribution in [1.29, 1.82) is 0 Å². The van der Waals surface area contributed by atoms with E-state index in [1.807, 2.05) is 42.6 Å². The summed E-state index contributed by atoms with van der Waals surface area (Å²) in [4.78, 5) is 20.6. The second-order valence-electron chi connectivity index (χ2n) is 5.96. The number of aryl methyl sites for hydroxylation is 1. The van der Waals surface area contributed by atoms with Crippen LogP contribution in [0.25, 0.3) is 0 Å². The molecule has 0 saturated heterocycles. The Morgan fingerprint density at radius 1 is 1.28 bits per heavy atom. The standard InChI is InChI=1S/C19H18N2O2S2/c1-13-12-25-19(20-13)21(15-5-3-2-4-6-15)17(22)11-16-18-14(7-9-23-16)8-10-24-18/h2-6,8,10,12,16H,7,9,11H2,1H3. The lowest BCUT2D eigenvalue weighted by Crippen LogP contribution is -2.29. The Bertz CT molecular complexity index is 872. The summed E-state index contributed by atoms with van der Waals surface area (Å²) < 4.78 is 5.91. The minimum absolute atomic E-state index is 0.00630. The van der Waals surface area contributed by atoms with E-state index >= 15 is 0 Å². The lowest BCUT2D eigenvalue weighted by atomic mass is 10.0. The average Bonchev–Trinajstić information content (AvgIpc) is 3.26. The number of amides is 1. The zero-order valence-corrected chi connectivity index (χ0v) is 15.5. The van der Waals surface area contributed by atoms with Crippen LogP contribution in [0.3, 0.4) is 0 Å². The molecule has 1 aliphatic heterocycles. The van der Waals surface area contributed by atoms with E-state index < -0.39 is 0 Å². The van der Waals surface area contributed by atoms with Crippen LogP contribution in [-0.2, 0) is 16.0 Å². The molecule has 3 heterocycles. The molecule has 4 rings (SSSR count). The van der Waals surface area contributed by atoms with Crippen molar-refractivity contribution in [3.8, 4) is 0 Å². The van der Waals surface area contributed by atoms with E-state index in [0.29, 0.717) is 18.2 Å². The Morgan fingerprint density at radius 3 is 2.88 bits per heavy atom. The normalized spacial score (nSPS) is 16.4. The van der Waals surface area contributed by atoms with Crippen LogP contribution in [0.4, 0.5) is 10.8 Å². The van der Waals surface area contributed by atoms with Gasteiger partial charge < -0.3 is 4.74 Å². The molecule has 1 unspecified atom stereocenters. The third kappa shape index (κ3) is 3.38. The molecule has 2 aromatic heterocycles. The highest BCUT2D eigenvalue weighted by Crippen LogP contribution is 2.36. The molecule has 0 aliphatic carbocycles. The van der Waals surface area contributed by atoms with Gasteiger partial charge in [0.25, 0.3) is 0 Å². The first-order valence-electron chi connectivity index (χ1n) is 8.20. The number of nitrogens with zero attached hydrogens (tertiary/aromatic N) is 2. The average molecular weight is 370 g/mol. The van der Waals surface area contributed by atoms with E-state index in [4.69, 9.17) is 4.74 Å². The molecule has 0 spiro atoms. The van der Waals surface area contributed by atoms with Gasteiger partial charge in [-0.1, -0.05) is 18.2 Å². The number of thiophene rings is 1. The molecule has 0 saturated carbocycles. The maximum atomic E-state index is 13.2. The minimum atomic E-state index is -0.163. The number of anilines is 2. The van der Waals surface area contributed by atoms with Crippen molar-refractivity contribution in [2.75, 3.05) is 11.5 Å². The Kier molecular flexibility index (Phi) is 4.65. The number of carbonyl (C=O) groups excluding carboxylic acids is 1. The summed E-state index contributed by atoms with van der Waals surface area (Å²) in [5.74, 6) is 0.00630. The van der Waals surface area contributed by atoms with Crippen molar-refractivity contribution >= 4 is 39.4 Å². The molecule has 1 atom stereocenters. The zero-order chi connectivity index (χ0) is 17.2. The van der Waals surface area contributed by atoms with Crippen LogP contribution in [0.1, 0.15) is 28.7 Å². The summed E-state index contributed by atoms with van der Waals surface area (Å²) in [5, 5.41) is 4.75. The van der Waals surface area contributed by atoms with Gasteiger partial charge in [0.2, 0.25) is 5.91 Å². The monoisotopic (exact) mass is 370 g/mol. The third-order valence-electron chi connectivity index (χ3n) is 4.19. The van der Waals surface area contributed by atoms with Crippen LogP contribution in [0, 0.1) is 6.92 Å². The van der Waals surface area contributed by atoms with Crippen molar-refractivity contribution in [2.24, 2.45) is 0 Å². The maximum absolute atomic E-state index is 13.2. The number of aromatic nitrogens is 1. The molecule has 0 N–H and O–H groups in total. The van der Waals surface area contributed by atoms with Gasteiger partial charge in [0.15, 0.2) is 5.13 Å². The quantitative estimate of drug-likeness (QED) is 0.657. The molecule has 3 aromatic rings. The Morgan fingerprint density at radius 2 is 2.12 bits per heavy atom. The topological polar surface area (TPSA) is 42.4 Å². The molecule has 6 heteroatoms. The molecule has 1 amide bonds. The molecule has 1 aromatic carbocycles. The number of fused-ring (bicyclic) bond motifs is 1. The number of carbonyl (C=O) groups is 1. The first-order valence-corrected chi connectivity index (χ1v) is 9.96. The molecular formula is C19H18N2O2S2. The summed E-state index contributed by atoms with van der Waals surface area (Å²) >= 11 is 3.16. The second kappa shape index (κ2) is 7.07. The predicted octanol–water partition coefficient (Wildman–Crippen LogP) is 4.88. The van der Waals surface area contributed by atoms with Crippen molar-refractivity contribution in [1.82, 2.24) is 4.98 Å². The van der Waals surface area contributed by atoms with Crippen LogP contribution in [-0.4, -0.2) is 17.5 Å². The number of hydrogen-bond donors (Lipinski definition) is 0. The second-order valence-corrected chi connectivity index (χ2v) is 7.74. The summed E-state index contributed by atoms with van der Waals surface area (Å²) in [6.07, 6.45) is 1.09. The van der Waals surface area contributed by atoms with Crippen molar-refractivity contribution in [3.05, 3.63) is 63.3 Å². The van der Waals surface area contributed by atoms with Crippen LogP contribution in [0.5, 0.6) is 0 Å². The number of ether oxygens (including phenoxy) is 1. The lowest BCUT2D eigenvalue weighted by molar-refractivity contribution is -0.121. The van der Waals surface area contributed by atoms with Gasteiger partial charge >= 0.3 is 0 Å². The van der Waals surface area contributed by atoms with Gasteiger partial charge in [0.05, 0.1) is 24.4 Å². The molecule has 25 heavy (non-hydrogen) atoms. The van der Waals surface area contributed by atoms with E-state index in [-0.39, 0.29) is 12.0 Å². The Hall–Kier alpha value is -2.02. The number of hydrogen-bond acceptors (Lipinski definition) is 5. The van der Waals surface area contributed by atoms with Gasteiger partial charge in [-0.3, -0.25) is 9.69 Å². The van der Waals surface area contributed by atoms with E-state index in [0.717, 1.165) is 17.8 Å². The van der Waals surface area contributed by atoms with Gasteiger partial charge in [-0.15, -0.1) is 22.7 Å². The summed E-state index contributed by atoms with van der Waals surface area (Å²) in [7, 11) is 0. The first kappa shape index (κ1) is 16.4. The van der Waals surface area contributed by atoms with E-state index in [9.17, 15) is 4.79 Å². The SMILES string of the molecule is Cc1csc(N(C(=O)CC2OCCc3ccsc32)c2ccccc2)n1. The fourth-order valence-corrected chi connectivity index (χ4v) is 4.85. The zero-order valence-electron chi connectivity index (χ0n) is 13.8. The fourth-order valence-electron chi connectivity index (χ4n) is 3.01. The largest absolute Gasteiger partial charge is 0.372 e. The van der Waals surface area contributed by atoms with E-state index in [1.165, 1.54) is 21.8 Å². The van der Waals surface area contributed by atoms with E-state index in [1.54, 1.807) is 16.2 Å². The highest BCUT2D eigenvalue weighted by atomic mass is 32.1. The maximum Gasteiger partial charge on any atom is 0.236 e. The molecular weight excluding hydrogens is 352 g/mol. The van der Waals surface area contributed by atoms with Crippen LogP contribution >= 0.6 is 22.7 Å². The summed E-state index contributed by atoms with van der Waals surface area (Å²) in [6.45, 7) is 2.61. The lowest BCUT2D eigenvalue weighted by Gasteiger charge is -2.26. The smallest absolute Gasteiger partial charge is 0.236 e. The summed E-state index contributed by atoms with van der Waals surface area (Å²) in [6, 6.07) is 11.8.